The number of primary amides is 1. The van der Waals surface area contributed by atoms with Crippen LogP contribution in [0.5, 0.6) is 17.2 Å². The molecule has 4 aromatic carbocycles. The van der Waals surface area contributed by atoms with Crippen LogP contribution in [0.1, 0.15) is 42.3 Å². The highest BCUT2D eigenvalue weighted by Gasteiger charge is 2.41. The number of carbonyl (C=O) groups excluding carboxylic acids is 4. The van der Waals surface area contributed by atoms with Crippen LogP contribution >= 0.6 is 0 Å². The number of anilines is 2. The molecule has 0 bridgehead atoms. The molecule has 0 aliphatic carbocycles. The molecule has 0 fully saturated rings. The average Bonchev–Trinajstić information content (AvgIpc) is 3.92. The molecule has 67 heavy (non-hydrogen) atoms. The number of pyridine rings is 1. The number of nitrogens with zero attached hydrogens (tertiary/aromatic N) is 4. The molecule has 3 aromatic heterocycles. The van der Waals surface area contributed by atoms with Gasteiger partial charge in [-0.15, -0.1) is 0 Å². The molecular weight excluding hydrogens is 885 g/mol. The van der Waals surface area contributed by atoms with E-state index in [2.05, 4.69) is 31.1 Å². The Kier molecular flexibility index (Phi) is 15.0. The monoisotopic (exact) mass is 926 g/mol. The van der Waals surface area contributed by atoms with Gasteiger partial charge in [-0.1, -0.05) is 30.3 Å². The molecule has 0 saturated heterocycles. The number of fused-ring (bicyclic) bond motifs is 1. The van der Waals surface area contributed by atoms with Crippen molar-refractivity contribution in [2.75, 3.05) is 45.5 Å². The number of nitrogens with two attached hydrogens (primary N) is 2. The van der Waals surface area contributed by atoms with E-state index < -0.39 is 46.5 Å². The Morgan fingerprint density at radius 2 is 1.66 bits per heavy atom. The fourth-order valence-corrected chi connectivity index (χ4v) is 6.76. The number of aromatic nitrogens is 5. The Bertz CT molecular complexity index is 3000. The molecule has 348 valence electrons. The average molecular weight is 927 g/mol. The summed E-state index contributed by atoms with van der Waals surface area (Å²) in [6.45, 7) is 1.05. The maximum atomic E-state index is 14.1. The van der Waals surface area contributed by atoms with Crippen molar-refractivity contribution < 1.29 is 51.0 Å². The number of aldehydes is 1. The highest BCUT2D eigenvalue weighted by Crippen LogP contribution is 2.36. The SMILES string of the molecule is CNCCn1nc(-c2ccc(CNC(=O)c3cc(F)ccc3OC)cc2)c(C(N)=O)c1N.COc1cc(NC(=O)c2cnn(-c3cccc4c(=O)[nH]ccc34)c2C(F)(F)F)cc(OCC=O)c1. The van der Waals surface area contributed by atoms with E-state index in [1.165, 1.54) is 79.7 Å². The molecule has 3 heterocycles. The summed E-state index contributed by atoms with van der Waals surface area (Å²) < 4.78 is 73.5. The number of H-pyrrole nitrogens is 1. The summed E-state index contributed by atoms with van der Waals surface area (Å²) in [5.74, 6) is -1.83. The number of hydrogen-bond donors (Lipinski definition) is 6. The number of alkyl halides is 3. The van der Waals surface area contributed by atoms with Crippen molar-refractivity contribution >= 4 is 46.3 Å². The predicted molar refractivity (Wildman–Crippen MR) is 238 cm³/mol. The summed E-state index contributed by atoms with van der Waals surface area (Å²) in [6, 6.07) is 20.7. The number of methoxy groups -OCH3 is 2. The molecule has 3 amide bonds. The second-order valence-corrected chi connectivity index (χ2v) is 14.2. The van der Waals surface area contributed by atoms with Crippen LogP contribution in [0.15, 0.2) is 102 Å². The molecule has 0 aliphatic rings. The smallest absolute Gasteiger partial charge is 0.434 e. The van der Waals surface area contributed by atoms with Crippen LogP contribution in [0, 0.1) is 5.82 Å². The second-order valence-electron chi connectivity index (χ2n) is 14.2. The maximum absolute atomic E-state index is 14.1. The summed E-state index contributed by atoms with van der Waals surface area (Å²) in [5, 5.41) is 16.8. The molecule has 0 spiro atoms. The molecule has 22 heteroatoms. The lowest BCUT2D eigenvalue weighted by Gasteiger charge is -2.15. The first-order valence-electron chi connectivity index (χ1n) is 19.9. The van der Waals surface area contributed by atoms with Crippen molar-refractivity contribution in [3.05, 3.63) is 141 Å². The van der Waals surface area contributed by atoms with Crippen molar-refractivity contribution in [2.45, 2.75) is 19.3 Å². The van der Waals surface area contributed by atoms with E-state index in [9.17, 15) is 41.5 Å². The largest absolute Gasteiger partial charge is 0.497 e. The molecule has 0 atom stereocenters. The number of aromatic amines is 1. The van der Waals surface area contributed by atoms with Gasteiger partial charge >= 0.3 is 6.18 Å². The molecule has 0 saturated carbocycles. The van der Waals surface area contributed by atoms with Gasteiger partial charge in [-0.05, 0) is 49.0 Å². The summed E-state index contributed by atoms with van der Waals surface area (Å²) >= 11 is 0. The number of hydrogen-bond acceptors (Lipinski definition) is 12. The fraction of sp³-hybridized carbons (Fsp3) is 0.178. The Morgan fingerprint density at radius 3 is 2.33 bits per heavy atom. The van der Waals surface area contributed by atoms with Gasteiger partial charge in [-0.25, -0.2) is 13.8 Å². The molecule has 0 aliphatic heterocycles. The van der Waals surface area contributed by atoms with Crippen molar-refractivity contribution in [3.63, 3.8) is 0 Å². The maximum Gasteiger partial charge on any atom is 0.434 e. The number of halogens is 4. The topological polar surface area (TPSA) is 253 Å². The summed E-state index contributed by atoms with van der Waals surface area (Å²) in [7, 11) is 4.57. The number of amides is 3. The van der Waals surface area contributed by atoms with E-state index >= 15 is 0 Å². The van der Waals surface area contributed by atoms with Crippen LogP contribution in [-0.4, -0.2) is 83.0 Å². The lowest BCUT2D eigenvalue weighted by Crippen LogP contribution is -2.23. The van der Waals surface area contributed by atoms with Crippen LogP contribution in [0.2, 0.25) is 0 Å². The van der Waals surface area contributed by atoms with E-state index in [-0.39, 0.29) is 69.5 Å². The number of nitrogen functional groups attached to an aromatic ring is 1. The van der Waals surface area contributed by atoms with Gasteiger partial charge in [0.15, 0.2) is 12.0 Å². The Labute approximate surface area is 377 Å². The van der Waals surface area contributed by atoms with Crippen LogP contribution in [0.25, 0.3) is 27.7 Å². The zero-order chi connectivity index (χ0) is 48.4. The molecular formula is C45H42F4N10O8. The van der Waals surface area contributed by atoms with Crippen LogP contribution in [0.4, 0.5) is 29.1 Å². The number of ether oxygens (including phenoxy) is 3. The van der Waals surface area contributed by atoms with Gasteiger partial charge in [0.2, 0.25) is 0 Å². The lowest BCUT2D eigenvalue weighted by atomic mass is 10.0. The van der Waals surface area contributed by atoms with Crippen molar-refractivity contribution in [1.82, 2.24) is 35.2 Å². The van der Waals surface area contributed by atoms with Gasteiger partial charge in [0.05, 0.1) is 43.8 Å². The predicted octanol–water partition coefficient (Wildman–Crippen LogP) is 5.10. The third kappa shape index (κ3) is 11.1. The second kappa shape index (κ2) is 21.0. The number of benzene rings is 4. The quantitative estimate of drug-likeness (QED) is 0.0547. The van der Waals surface area contributed by atoms with Crippen LogP contribution in [-0.2, 0) is 24.1 Å². The Hall–Kier alpha value is -8.53. The lowest BCUT2D eigenvalue weighted by molar-refractivity contribution is -0.143. The number of rotatable bonds is 16. The highest BCUT2D eigenvalue weighted by atomic mass is 19.4. The minimum atomic E-state index is -4.96. The standard InChI is InChI=1S/C23H17F3N4O5.C22H25FN6O3/c1-34-14-9-13(10-15(11-14)35-8-7-31)29-22(33)18-12-28-30(20(18)23(24,25)26)19-4-2-3-17-16(19)5-6-27-21(17)32;1-26-9-10-29-20(24)18(21(25)30)19(28-29)14-5-3-13(4-6-14)12-27-22(31)16-11-15(23)7-8-17(16)32-2/h2-7,9-12H,8H2,1H3,(H,27,32)(H,29,33);3-8,11,26H,9-10,12,24H2,1-2H3,(H2,25,30)(H,27,31). The fourth-order valence-electron chi connectivity index (χ4n) is 6.76. The first-order chi connectivity index (χ1) is 32.1. The highest BCUT2D eigenvalue weighted by molar-refractivity contribution is 6.06. The molecule has 0 unspecified atom stereocenters. The van der Waals surface area contributed by atoms with Crippen LogP contribution < -0.4 is 47.2 Å². The van der Waals surface area contributed by atoms with E-state index in [0.717, 1.165) is 17.8 Å². The first kappa shape index (κ1) is 47.9. The number of likely N-dealkylation sites (N-methyl/N-ethyl adjacent to an activating group) is 1. The third-order valence-electron chi connectivity index (χ3n) is 9.89. The first-order valence-corrected chi connectivity index (χ1v) is 19.9. The summed E-state index contributed by atoms with van der Waals surface area (Å²) in [6.07, 6.45) is -2.33. The third-order valence-corrected chi connectivity index (χ3v) is 9.89. The van der Waals surface area contributed by atoms with E-state index in [4.69, 9.17) is 25.7 Å². The zero-order valence-electron chi connectivity index (χ0n) is 35.9. The number of carbonyl (C=O) groups is 4. The Morgan fingerprint density at radius 1 is 0.910 bits per heavy atom. The molecule has 0 radical (unpaired) electrons. The number of nitrogens with one attached hydrogen (secondary N) is 4. The minimum Gasteiger partial charge on any atom is -0.497 e. The van der Waals surface area contributed by atoms with Crippen molar-refractivity contribution in [2.24, 2.45) is 5.73 Å². The normalized spacial score (nSPS) is 11.0. The van der Waals surface area contributed by atoms with Gasteiger partial charge in [-0.2, -0.15) is 23.4 Å². The Balaban J connectivity index is 0.000000222. The summed E-state index contributed by atoms with van der Waals surface area (Å²) in [5.41, 5.74) is 11.2. The van der Waals surface area contributed by atoms with Gasteiger partial charge in [0, 0.05) is 59.5 Å². The van der Waals surface area contributed by atoms with Crippen LogP contribution in [0.3, 0.4) is 0 Å². The van der Waals surface area contributed by atoms with Crippen molar-refractivity contribution in [1.29, 1.82) is 0 Å². The minimum absolute atomic E-state index is 0.0223. The van der Waals surface area contributed by atoms with Crippen molar-refractivity contribution in [3.8, 4) is 34.2 Å². The molecule has 8 N–H and O–H groups in total. The molecule has 18 nitrogen and oxygen atoms in total. The van der Waals surface area contributed by atoms with Gasteiger partial charge < -0.3 is 46.6 Å². The summed E-state index contributed by atoms with van der Waals surface area (Å²) in [4.78, 5) is 62.4. The van der Waals surface area contributed by atoms with E-state index in [1.54, 1.807) is 31.3 Å². The van der Waals surface area contributed by atoms with Gasteiger partial charge in [0.25, 0.3) is 23.3 Å². The molecule has 7 rings (SSSR count). The zero-order valence-corrected chi connectivity index (χ0v) is 35.9. The van der Waals surface area contributed by atoms with Gasteiger partial charge in [0.1, 0.15) is 46.7 Å². The van der Waals surface area contributed by atoms with E-state index in [0.29, 0.717) is 35.3 Å². The van der Waals surface area contributed by atoms with Gasteiger partial charge in [-0.3, -0.25) is 24.0 Å². The van der Waals surface area contributed by atoms with E-state index in [1.807, 2.05) is 0 Å². The molecule has 7 aromatic rings.